The lowest BCUT2D eigenvalue weighted by molar-refractivity contribution is 0.0723. The van der Waals surface area contributed by atoms with Gasteiger partial charge in [-0.25, -0.2) is 13.2 Å². The van der Waals surface area contributed by atoms with Crippen LogP contribution >= 0.6 is 23.2 Å². The average Bonchev–Trinajstić information content (AvgIpc) is 3.34. The van der Waals surface area contributed by atoms with Gasteiger partial charge in [0.05, 0.1) is 22.3 Å². The lowest BCUT2D eigenvalue weighted by Crippen LogP contribution is -2.53. The average molecular weight is 583 g/mol. The SMILES string of the molecule is CN(C)c1ccc(C(=O)N(C)[C@@H]2CN(C(=O)N3CCN(S(C)(=O)=O)CC3)CC2c2ccc(Cl)c(Cl)c2)cc1. The van der Waals surface area contributed by atoms with E-state index in [4.69, 9.17) is 23.2 Å². The van der Waals surface area contributed by atoms with Gasteiger partial charge in [0, 0.05) is 77.6 Å². The van der Waals surface area contributed by atoms with Crippen LogP contribution in [0.2, 0.25) is 10.0 Å². The van der Waals surface area contributed by atoms with Gasteiger partial charge in [0.25, 0.3) is 5.91 Å². The fourth-order valence-electron chi connectivity index (χ4n) is 5.07. The number of amides is 3. The van der Waals surface area contributed by atoms with E-state index in [2.05, 4.69) is 0 Å². The van der Waals surface area contributed by atoms with Gasteiger partial charge in [-0.2, -0.15) is 4.31 Å². The number of benzene rings is 2. The minimum Gasteiger partial charge on any atom is -0.378 e. The lowest BCUT2D eigenvalue weighted by Gasteiger charge is -2.35. The van der Waals surface area contributed by atoms with Crippen LogP contribution in [-0.2, 0) is 10.0 Å². The van der Waals surface area contributed by atoms with Gasteiger partial charge < -0.3 is 19.6 Å². The molecule has 0 N–H and O–H groups in total. The number of hydrogen-bond acceptors (Lipinski definition) is 5. The first kappa shape index (κ1) is 28.5. The van der Waals surface area contributed by atoms with Crippen LogP contribution in [-0.4, -0.2) is 112 Å². The third-order valence-corrected chi connectivity index (χ3v) is 9.40. The predicted octanol–water partition coefficient (Wildman–Crippen LogP) is 3.30. The molecule has 2 atom stereocenters. The van der Waals surface area contributed by atoms with Crippen LogP contribution in [0.25, 0.3) is 0 Å². The highest BCUT2D eigenvalue weighted by Gasteiger charge is 2.42. The Kier molecular flexibility index (Phi) is 8.46. The third-order valence-electron chi connectivity index (χ3n) is 7.36. The molecule has 2 aromatic rings. The summed E-state index contributed by atoms with van der Waals surface area (Å²) < 4.78 is 25.1. The molecule has 0 spiro atoms. The number of piperazine rings is 1. The molecule has 4 rings (SSSR count). The third kappa shape index (κ3) is 6.03. The highest BCUT2D eigenvalue weighted by molar-refractivity contribution is 7.88. The minimum absolute atomic E-state index is 0.138. The summed E-state index contributed by atoms with van der Waals surface area (Å²) in [6.07, 6.45) is 1.18. The van der Waals surface area contributed by atoms with Gasteiger partial charge in [-0.15, -0.1) is 0 Å². The number of urea groups is 1. The van der Waals surface area contributed by atoms with Gasteiger partial charge in [-0.05, 0) is 42.0 Å². The summed E-state index contributed by atoms with van der Waals surface area (Å²) in [7, 11) is 2.34. The Morgan fingerprint density at radius 2 is 1.50 bits per heavy atom. The number of carbonyl (C=O) groups is 2. The number of nitrogens with zero attached hydrogens (tertiary/aromatic N) is 5. The van der Waals surface area contributed by atoms with Gasteiger partial charge in [-0.3, -0.25) is 4.79 Å². The molecule has 0 aliphatic carbocycles. The number of sulfonamides is 1. The summed E-state index contributed by atoms with van der Waals surface area (Å²) in [5, 5.41) is 0.852. The van der Waals surface area contributed by atoms with Gasteiger partial charge in [0.2, 0.25) is 10.0 Å². The van der Waals surface area contributed by atoms with E-state index in [9.17, 15) is 18.0 Å². The molecule has 38 heavy (non-hydrogen) atoms. The van der Waals surface area contributed by atoms with Crippen LogP contribution in [0.3, 0.4) is 0 Å². The first-order valence-corrected chi connectivity index (χ1v) is 15.0. The van der Waals surface area contributed by atoms with Crippen molar-refractivity contribution in [2.75, 3.05) is 71.6 Å². The predicted molar refractivity (Wildman–Crippen MR) is 151 cm³/mol. The van der Waals surface area contributed by atoms with Crippen LogP contribution in [0.5, 0.6) is 0 Å². The molecule has 0 radical (unpaired) electrons. The van der Waals surface area contributed by atoms with Crippen molar-refractivity contribution in [3.8, 4) is 0 Å². The van der Waals surface area contributed by atoms with Crippen LogP contribution < -0.4 is 4.90 Å². The number of likely N-dealkylation sites (tertiary alicyclic amines) is 1. The molecule has 1 unspecified atom stereocenters. The lowest BCUT2D eigenvalue weighted by atomic mass is 9.93. The van der Waals surface area contributed by atoms with E-state index in [1.807, 2.05) is 49.3 Å². The van der Waals surface area contributed by atoms with E-state index in [1.54, 1.807) is 33.9 Å². The molecule has 3 amide bonds. The second-order valence-electron chi connectivity index (χ2n) is 10.0. The molecule has 0 bridgehead atoms. The van der Waals surface area contributed by atoms with E-state index in [1.165, 1.54) is 10.6 Å². The van der Waals surface area contributed by atoms with E-state index < -0.39 is 10.0 Å². The molecule has 9 nitrogen and oxygen atoms in total. The molecular formula is C26H33Cl2N5O4S. The fraction of sp³-hybridized carbons (Fsp3) is 0.462. The zero-order chi connectivity index (χ0) is 27.8. The fourth-order valence-corrected chi connectivity index (χ4v) is 6.21. The van der Waals surface area contributed by atoms with Crippen molar-refractivity contribution >= 4 is 50.9 Å². The smallest absolute Gasteiger partial charge is 0.320 e. The van der Waals surface area contributed by atoms with E-state index >= 15 is 0 Å². The molecule has 0 aromatic heterocycles. The van der Waals surface area contributed by atoms with Gasteiger partial charge in [0.1, 0.15) is 0 Å². The number of likely N-dealkylation sites (N-methyl/N-ethyl adjacent to an activating group) is 1. The number of rotatable bonds is 5. The quantitative estimate of drug-likeness (QED) is 0.541. The van der Waals surface area contributed by atoms with Crippen molar-refractivity contribution in [1.82, 2.24) is 19.0 Å². The molecule has 2 aliphatic heterocycles. The Labute approximate surface area is 234 Å². The number of anilines is 1. The van der Waals surface area contributed by atoms with Crippen molar-refractivity contribution in [3.05, 3.63) is 63.6 Å². The Balaban J connectivity index is 1.56. The van der Waals surface area contributed by atoms with Gasteiger partial charge in [-0.1, -0.05) is 29.3 Å². The monoisotopic (exact) mass is 581 g/mol. The van der Waals surface area contributed by atoms with E-state index in [-0.39, 0.29) is 37.0 Å². The zero-order valence-corrected chi connectivity index (χ0v) is 24.3. The summed E-state index contributed by atoms with van der Waals surface area (Å²) in [6.45, 7) is 1.90. The van der Waals surface area contributed by atoms with Crippen LogP contribution in [0.4, 0.5) is 10.5 Å². The van der Waals surface area contributed by atoms with E-state index in [0.717, 1.165) is 11.3 Å². The van der Waals surface area contributed by atoms with Crippen molar-refractivity contribution in [3.63, 3.8) is 0 Å². The van der Waals surface area contributed by atoms with Crippen molar-refractivity contribution in [2.24, 2.45) is 0 Å². The zero-order valence-electron chi connectivity index (χ0n) is 22.0. The van der Waals surface area contributed by atoms with E-state index in [0.29, 0.717) is 41.8 Å². The van der Waals surface area contributed by atoms with Gasteiger partial charge in [0.15, 0.2) is 0 Å². The largest absolute Gasteiger partial charge is 0.378 e. The van der Waals surface area contributed by atoms with Crippen molar-refractivity contribution in [2.45, 2.75) is 12.0 Å². The van der Waals surface area contributed by atoms with Crippen molar-refractivity contribution in [1.29, 1.82) is 0 Å². The summed E-state index contributed by atoms with van der Waals surface area (Å²) in [5.41, 5.74) is 2.45. The molecule has 2 saturated heterocycles. The highest BCUT2D eigenvalue weighted by Crippen LogP contribution is 2.35. The first-order valence-electron chi connectivity index (χ1n) is 12.3. The Morgan fingerprint density at radius 3 is 2.05 bits per heavy atom. The van der Waals surface area contributed by atoms with Crippen LogP contribution in [0, 0.1) is 0 Å². The second kappa shape index (κ2) is 11.3. The maximum Gasteiger partial charge on any atom is 0.320 e. The molecule has 0 saturated carbocycles. The normalized spacial score (nSPS) is 20.5. The Morgan fingerprint density at radius 1 is 0.868 bits per heavy atom. The topological polar surface area (TPSA) is 84.5 Å². The summed E-state index contributed by atoms with van der Waals surface area (Å²) in [5.74, 6) is -0.317. The maximum atomic E-state index is 13.5. The molecule has 2 aromatic carbocycles. The molecule has 2 heterocycles. The molecule has 2 aliphatic rings. The second-order valence-corrected chi connectivity index (χ2v) is 12.8. The summed E-state index contributed by atoms with van der Waals surface area (Å²) >= 11 is 12.5. The minimum atomic E-state index is -3.30. The Bertz CT molecular complexity index is 1300. The number of hydrogen-bond donors (Lipinski definition) is 0. The summed E-state index contributed by atoms with van der Waals surface area (Å²) in [4.78, 5) is 34.1. The maximum absolute atomic E-state index is 13.5. The van der Waals surface area contributed by atoms with Gasteiger partial charge >= 0.3 is 6.03 Å². The molecule has 206 valence electrons. The summed E-state index contributed by atoms with van der Waals surface area (Å²) in [6, 6.07) is 12.4. The number of carbonyl (C=O) groups excluding carboxylic acids is 2. The molecular weight excluding hydrogens is 549 g/mol. The molecule has 12 heteroatoms. The van der Waals surface area contributed by atoms with Crippen molar-refractivity contribution < 1.29 is 18.0 Å². The first-order chi connectivity index (χ1) is 17.9. The van der Waals surface area contributed by atoms with Crippen LogP contribution in [0.15, 0.2) is 42.5 Å². The van der Waals surface area contributed by atoms with Crippen LogP contribution in [0.1, 0.15) is 21.8 Å². The number of halogens is 2. The Hall–Kier alpha value is -2.53. The standard InChI is InChI=1S/C26H33Cl2N5O4S/c1-29(2)20-8-5-18(6-9-20)25(34)30(3)24-17-32(16-21(24)19-7-10-22(27)23(28)15-19)26(35)31-11-13-33(14-12-31)38(4,36)37/h5-10,15,21,24H,11-14,16-17H2,1-4H3/t21?,24-/m1/s1. The molecule has 2 fully saturated rings. The highest BCUT2D eigenvalue weighted by atomic mass is 35.5.